The van der Waals surface area contributed by atoms with Crippen LogP contribution in [0.1, 0.15) is 32.8 Å². The van der Waals surface area contributed by atoms with Crippen LogP contribution in [0.5, 0.6) is 5.75 Å². The molecule has 0 saturated heterocycles. The molecule has 2 rings (SSSR count). The summed E-state index contributed by atoms with van der Waals surface area (Å²) in [5.41, 5.74) is 1.73. The van der Waals surface area contributed by atoms with Crippen LogP contribution in [0.3, 0.4) is 0 Å². The van der Waals surface area contributed by atoms with Crippen molar-refractivity contribution in [2.75, 3.05) is 18.5 Å². The number of amides is 1. The Hall–Kier alpha value is -1.69. The number of alkyl carbamates (subject to hydrolysis) is 1. The highest BCUT2D eigenvalue weighted by Gasteiger charge is 2.15. The van der Waals surface area contributed by atoms with Gasteiger partial charge in [-0.15, -0.1) is 0 Å². The van der Waals surface area contributed by atoms with Gasteiger partial charge in [-0.3, -0.25) is 0 Å². The predicted octanol–water partition coefficient (Wildman–Crippen LogP) is 4.40. The number of alkyl halides is 1. The molecule has 1 aromatic carbocycles. The number of nitrogens with one attached hydrogen (secondary N) is 2. The van der Waals surface area contributed by atoms with Crippen molar-refractivity contribution in [2.45, 2.75) is 39.2 Å². The fourth-order valence-electron chi connectivity index (χ4n) is 2.31. The number of carbonyl (C=O) groups is 1. The van der Waals surface area contributed by atoms with Crippen LogP contribution in [0.2, 0.25) is 0 Å². The number of fused-ring (bicyclic) bond motifs is 1. The van der Waals surface area contributed by atoms with E-state index in [4.69, 9.17) is 9.47 Å². The maximum atomic E-state index is 11.7. The zero-order chi connectivity index (χ0) is 17.6. The van der Waals surface area contributed by atoms with E-state index in [9.17, 15) is 4.79 Å². The third kappa shape index (κ3) is 5.74. The van der Waals surface area contributed by atoms with Crippen molar-refractivity contribution in [3.63, 3.8) is 0 Å². The molecule has 1 aromatic heterocycles. The van der Waals surface area contributed by atoms with Gasteiger partial charge in [0.25, 0.3) is 0 Å². The van der Waals surface area contributed by atoms with Gasteiger partial charge in [-0.25, -0.2) is 4.79 Å². The van der Waals surface area contributed by atoms with Crippen molar-refractivity contribution in [2.24, 2.45) is 0 Å². The minimum absolute atomic E-state index is 0.388. The minimum Gasteiger partial charge on any atom is -0.494 e. The molecule has 1 amide bonds. The molecule has 1 heterocycles. The summed E-state index contributed by atoms with van der Waals surface area (Å²) in [6.07, 6.45) is 3.28. The Morgan fingerprint density at radius 1 is 1.33 bits per heavy atom. The van der Waals surface area contributed by atoms with E-state index in [1.165, 1.54) is 0 Å². The second-order valence-corrected chi connectivity index (χ2v) is 7.38. The van der Waals surface area contributed by atoms with Gasteiger partial charge in [-0.2, -0.15) is 0 Å². The van der Waals surface area contributed by atoms with Gasteiger partial charge in [0.1, 0.15) is 11.4 Å². The number of hydrogen-bond acceptors (Lipinski definition) is 3. The average molecular weight is 397 g/mol. The van der Waals surface area contributed by atoms with E-state index < -0.39 is 5.60 Å². The molecule has 0 unspecified atom stereocenters. The number of hydrogen-bond donors (Lipinski definition) is 2. The molecule has 6 heteroatoms. The summed E-state index contributed by atoms with van der Waals surface area (Å²) < 4.78 is 11.0. The Morgan fingerprint density at radius 3 is 2.83 bits per heavy atom. The lowest BCUT2D eigenvalue weighted by Crippen LogP contribution is -2.33. The molecule has 0 fully saturated rings. The molecule has 0 atom stereocenters. The summed E-state index contributed by atoms with van der Waals surface area (Å²) in [6.45, 7) is 6.77. The van der Waals surface area contributed by atoms with Crippen molar-refractivity contribution >= 4 is 32.9 Å². The van der Waals surface area contributed by atoms with Crippen molar-refractivity contribution in [1.82, 2.24) is 10.3 Å². The van der Waals surface area contributed by atoms with E-state index in [1.54, 1.807) is 0 Å². The van der Waals surface area contributed by atoms with Crippen molar-refractivity contribution in [1.29, 1.82) is 0 Å². The van der Waals surface area contributed by atoms with Gasteiger partial charge in [-0.05, 0) is 57.4 Å². The minimum atomic E-state index is -0.480. The molecule has 132 valence electrons. The molecule has 24 heavy (non-hydrogen) atoms. The van der Waals surface area contributed by atoms with E-state index in [0.717, 1.165) is 40.4 Å². The number of H-pyrrole nitrogens is 1. The first-order valence-electron chi connectivity index (χ1n) is 8.14. The fourth-order valence-corrected chi connectivity index (χ4v) is 2.54. The van der Waals surface area contributed by atoms with Gasteiger partial charge in [0, 0.05) is 29.0 Å². The van der Waals surface area contributed by atoms with Gasteiger partial charge in [-0.1, -0.05) is 15.9 Å². The lowest BCUT2D eigenvalue weighted by atomic mass is 10.1. The van der Waals surface area contributed by atoms with Gasteiger partial charge < -0.3 is 19.8 Å². The third-order valence-electron chi connectivity index (χ3n) is 3.35. The number of ether oxygens (including phenoxy) is 2. The molecule has 2 N–H and O–H groups in total. The van der Waals surface area contributed by atoms with Crippen LogP contribution in [0.4, 0.5) is 4.79 Å². The lowest BCUT2D eigenvalue weighted by molar-refractivity contribution is 0.0528. The Labute approximate surface area is 151 Å². The summed E-state index contributed by atoms with van der Waals surface area (Å²) in [5, 5.41) is 4.84. The SMILES string of the molecule is CC(C)(C)OC(=O)NCCc1c[nH]c2ccc(OCCCBr)cc12. The van der Waals surface area contributed by atoms with E-state index >= 15 is 0 Å². The quantitative estimate of drug-likeness (QED) is 0.538. The molecule has 0 radical (unpaired) electrons. The summed E-state index contributed by atoms with van der Waals surface area (Å²) in [4.78, 5) is 14.9. The Morgan fingerprint density at radius 2 is 2.12 bits per heavy atom. The first-order chi connectivity index (χ1) is 11.4. The van der Waals surface area contributed by atoms with E-state index in [-0.39, 0.29) is 6.09 Å². The first-order valence-corrected chi connectivity index (χ1v) is 9.27. The standard InChI is InChI=1S/C18H25BrN2O3/c1-18(2,3)24-17(22)20-9-7-13-12-21-16-6-5-14(11-15(13)16)23-10-4-8-19/h5-6,11-12,21H,4,7-10H2,1-3H3,(H,20,22). The highest BCUT2D eigenvalue weighted by Crippen LogP contribution is 2.24. The molecule has 0 aliphatic carbocycles. The third-order valence-corrected chi connectivity index (χ3v) is 3.91. The highest BCUT2D eigenvalue weighted by molar-refractivity contribution is 9.09. The Bertz CT molecular complexity index is 676. The number of halogens is 1. The van der Waals surface area contributed by atoms with Crippen molar-refractivity contribution in [3.05, 3.63) is 30.0 Å². The summed E-state index contributed by atoms with van der Waals surface area (Å²) in [7, 11) is 0. The van der Waals surface area contributed by atoms with Gasteiger partial charge in [0.05, 0.1) is 6.61 Å². The number of aromatic nitrogens is 1. The molecular formula is C18H25BrN2O3. The topological polar surface area (TPSA) is 63.3 Å². The normalized spacial score (nSPS) is 11.5. The number of benzene rings is 1. The van der Waals surface area contributed by atoms with Crippen molar-refractivity contribution < 1.29 is 14.3 Å². The summed E-state index contributed by atoms with van der Waals surface area (Å²) in [6, 6.07) is 6.03. The van der Waals surface area contributed by atoms with Crippen LogP contribution in [0.15, 0.2) is 24.4 Å². The largest absolute Gasteiger partial charge is 0.494 e. The van der Waals surface area contributed by atoms with E-state index in [0.29, 0.717) is 13.2 Å². The number of aromatic amines is 1. The van der Waals surface area contributed by atoms with Crippen LogP contribution >= 0.6 is 15.9 Å². The first kappa shape index (κ1) is 18.6. The summed E-state index contributed by atoms with van der Waals surface area (Å²) >= 11 is 3.40. The molecular weight excluding hydrogens is 372 g/mol. The van der Waals surface area contributed by atoms with Crippen molar-refractivity contribution in [3.8, 4) is 5.75 Å². The second-order valence-electron chi connectivity index (χ2n) is 6.59. The zero-order valence-electron chi connectivity index (χ0n) is 14.4. The predicted molar refractivity (Wildman–Crippen MR) is 100 cm³/mol. The van der Waals surface area contributed by atoms with E-state index in [2.05, 4.69) is 26.2 Å². The fraction of sp³-hybridized carbons (Fsp3) is 0.500. The number of rotatable bonds is 7. The summed E-state index contributed by atoms with van der Waals surface area (Å²) in [5.74, 6) is 0.865. The Balaban J connectivity index is 1.94. The molecule has 5 nitrogen and oxygen atoms in total. The number of carbonyl (C=O) groups excluding carboxylic acids is 1. The van der Waals surface area contributed by atoms with Gasteiger partial charge in [0.15, 0.2) is 0 Å². The zero-order valence-corrected chi connectivity index (χ0v) is 16.0. The molecule has 0 saturated carbocycles. The van der Waals surface area contributed by atoms with E-state index in [1.807, 2.05) is 45.2 Å². The Kier molecular flexibility index (Phi) is 6.54. The van der Waals surface area contributed by atoms with Crippen LogP contribution in [0.25, 0.3) is 10.9 Å². The van der Waals surface area contributed by atoms with Crippen LogP contribution in [-0.4, -0.2) is 35.2 Å². The molecule has 0 aliphatic heterocycles. The highest BCUT2D eigenvalue weighted by atomic mass is 79.9. The maximum absolute atomic E-state index is 11.7. The second kappa shape index (κ2) is 8.42. The van der Waals surface area contributed by atoms with Crippen LogP contribution in [0, 0.1) is 0 Å². The smallest absolute Gasteiger partial charge is 0.407 e. The molecule has 0 bridgehead atoms. The monoisotopic (exact) mass is 396 g/mol. The van der Waals surface area contributed by atoms with Crippen LogP contribution < -0.4 is 10.1 Å². The maximum Gasteiger partial charge on any atom is 0.407 e. The molecule has 0 aliphatic rings. The van der Waals surface area contributed by atoms with Gasteiger partial charge in [0.2, 0.25) is 0 Å². The molecule has 2 aromatic rings. The van der Waals surface area contributed by atoms with Crippen LogP contribution in [-0.2, 0) is 11.2 Å². The molecule has 0 spiro atoms. The lowest BCUT2D eigenvalue weighted by Gasteiger charge is -2.19. The average Bonchev–Trinajstić information content (AvgIpc) is 2.88. The van der Waals surface area contributed by atoms with Gasteiger partial charge >= 0.3 is 6.09 Å².